The Morgan fingerprint density at radius 2 is 2.00 bits per heavy atom. The zero-order valence-corrected chi connectivity index (χ0v) is 10.6. The second-order valence-electron chi connectivity index (χ2n) is 4.27. The van der Waals surface area contributed by atoms with E-state index in [4.69, 9.17) is 15.9 Å². The molecule has 3 nitrogen and oxygen atoms in total. The van der Waals surface area contributed by atoms with E-state index < -0.39 is 0 Å². The van der Waals surface area contributed by atoms with Gasteiger partial charge in [0, 0.05) is 11.1 Å². The highest BCUT2D eigenvalue weighted by molar-refractivity contribution is 5.95. The molecule has 0 spiro atoms. The minimum absolute atomic E-state index is 0.0178. The average Bonchev–Trinajstić information content (AvgIpc) is 2.39. The lowest BCUT2D eigenvalue weighted by Gasteiger charge is -2.11. The van der Waals surface area contributed by atoms with E-state index >= 15 is 0 Å². The first kappa shape index (κ1) is 13.1. The van der Waals surface area contributed by atoms with Crippen LogP contribution in [0.15, 0.2) is 42.5 Å². The minimum atomic E-state index is -0.289. The molecule has 0 aliphatic rings. The monoisotopic (exact) mass is 258 g/mol. The molecule has 0 aliphatic heterocycles. The average molecular weight is 258 g/mol. The summed E-state index contributed by atoms with van der Waals surface area (Å²) >= 11 is 0. The molecule has 0 saturated carbocycles. The van der Waals surface area contributed by atoms with Gasteiger partial charge in [0.2, 0.25) is 0 Å². The third-order valence-electron chi connectivity index (χ3n) is 2.84. The fourth-order valence-corrected chi connectivity index (χ4v) is 1.69. The van der Waals surface area contributed by atoms with Crippen molar-refractivity contribution in [2.75, 3.05) is 0 Å². The molecule has 98 valence electrons. The summed E-state index contributed by atoms with van der Waals surface area (Å²) in [5.74, 6) is 0.301. The Labute approximate surface area is 111 Å². The molecule has 4 heteroatoms. The van der Waals surface area contributed by atoms with Crippen LogP contribution in [0.2, 0.25) is 0 Å². The van der Waals surface area contributed by atoms with Gasteiger partial charge in [-0.3, -0.25) is 5.41 Å². The second kappa shape index (κ2) is 5.52. The number of hydrogen-bond acceptors (Lipinski definition) is 2. The molecule has 0 aliphatic carbocycles. The van der Waals surface area contributed by atoms with Gasteiger partial charge in [-0.2, -0.15) is 0 Å². The van der Waals surface area contributed by atoms with Gasteiger partial charge in [-0.05, 0) is 24.6 Å². The van der Waals surface area contributed by atoms with Gasteiger partial charge in [0.1, 0.15) is 24.0 Å². The van der Waals surface area contributed by atoms with Gasteiger partial charge in [0.25, 0.3) is 0 Å². The highest BCUT2D eigenvalue weighted by Gasteiger charge is 2.06. The van der Waals surface area contributed by atoms with Crippen LogP contribution in [0.5, 0.6) is 5.75 Å². The zero-order valence-electron chi connectivity index (χ0n) is 10.6. The SMILES string of the molecule is Cc1ccc(C(=N)N)cc1OCc1ccccc1F. The van der Waals surface area contributed by atoms with E-state index in [1.165, 1.54) is 6.07 Å². The highest BCUT2D eigenvalue weighted by atomic mass is 19.1. The summed E-state index contributed by atoms with van der Waals surface area (Å²) in [5, 5.41) is 7.40. The van der Waals surface area contributed by atoms with Crippen molar-refractivity contribution in [3.63, 3.8) is 0 Å². The molecule has 0 amide bonds. The molecule has 0 heterocycles. The third kappa shape index (κ3) is 3.10. The van der Waals surface area contributed by atoms with E-state index in [-0.39, 0.29) is 18.3 Å². The number of benzene rings is 2. The number of aryl methyl sites for hydroxylation is 1. The van der Waals surface area contributed by atoms with E-state index in [9.17, 15) is 4.39 Å². The summed E-state index contributed by atoms with van der Waals surface area (Å²) in [6, 6.07) is 11.8. The number of hydrogen-bond donors (Lipinski definition) is 2. The van der Waals surface area contributed by atoms with Crippen molar-refractivity contribution in [2.45, 2.75) is 13.5 Å². The highest BCUT2D eigenvalue weighted by Crippen LogP contribution is 2.21. The Hall–Kier alpha value is -2.36. The van der Waals surface area contributed by atoms with Crippen LogP contribution >= 0.6 is 0 Å². The minimum Gasteiger partial charge on any atom is -0.489 e. The fourth-order valence-electron chi connectivity index (χ4n) is 1.69. The number of nitrogen functional groups attached to an aromatic ring is 1. The number of nitrogens with two attached hydrogens (primary N) is 1. The van der Waals surface area contributed by atoms with Crippen molar-refractivity contribution in [2.24, 2.45) is 5.73 Å². The van der Waals surface area contributed by atoms with Crippen molar-refractivity contribution in [1.82, 2.24) is 0 Å². The number of ether oxygens (including phenoxy) is 1. The summed E-state index contributed by atoms with van der Waals surface area (Å²) in [7, 11) is 0. The zero-order chi connectivity index (χ0) is 13.8. The maximum absolute atomic E-state index is 13.5. The number of amidine groups is 1. The summed E-state index contributed by atoms with van der Waals surface area (Å²) in [4.78, 5) is 0. The van der Waals surface area contributed by atoms with Crippen LogP contribution in [-0.2, 0) is 6.61 Å². The van der Waals surface area contributed by atoms with Crippen LogP contribution < -0.4 is 10.5 Å². The van der Waals surface area contributed by atoms with Crippen LogP contribution in [0, 0.1) is 18.2 Å². The van der Waals surface area contributed by atoms with Crippen LogP contribution in [0.25, 0.3) is 0 Å². The Balaban J connectivity index is 2.17. The number of halogens is 1. The summed E-state index contributed by atoms with van der Waals surface area (Å²) in [6.45, 7) is 2.04. The molecule has 19 heavy (non-hydrogen) atoms. The van der Waals surface area contributed by atoms with E-state index in [2.05, 4.69) is 0 Å². The van der Waals surface area contributed by atoms with Gasteiger partial charge in [-0.15, -0.1) is 0 Å². The van der Waals surface area contributed by atoms with Crippen molar-refractivity contribution >= 4 is 5.84 Å². The molecule has 3 N–H and O–H groups in total. The molecule has 0 unspecified atom stereocenters. The maximum atomic E-state index is 13.5. The van der Waals surface area contributed by atoms with Crippen LogP contribution in [-0.4, -0.2) is 5.84 Å². The molecule has 0 aromatic heterocycles. The van der Waals surface area contributed by atoms with Gasteiger partial charge < -0.3 is 10.5 Å². The van der Waals surface area contributed by atoms with Crippen molar-refractivity contribution < 1.29 is 9.13 Å². The van der Waals surface area contributed by atoms with Gasteiger partial charge in [-0.25, -0.2) is 4.39 Å². The first-order valence-corrected chi connectivity index (χ1v) is 5.89. The molecule has 0 saturated heterocycles. The fraction of sp³-hybridized carbons (Fsp3) is 0.133. The lowest BCUT2D eigenvalue weighted by atomic mass is 10.1. The van der Waals surface area contributed by atoms with Gasteiger partial charge >= 0.3 is 0 Å². The molecule has 2 aromatic rings. The van der Waals surface area contributed by atoms with E-state index in [1.807, 2.05) is 13.0 Å². The normalized spacial score (nSPS) is 10.2. The third-order valence-corrected chi connectivity index (χ3v) is 2.84. The van der Waals surface area contributed by atoms with Crippen molar-refractivity contribution in [1.29, 1.82) is 5.41 Å². The van der Waals surface area contributed by atoms with Gasteiger partial charge in [0.05, 0.1) is 0 Å². The van der Waals surface area contributed by atoms with Gasteiger partial charge in [-0.1, -0.05) is 30.3 Å². The quantitative estimate of drug-likeness (QED) is 0.654. The standard InChI is InChI=1S/C15H15FN2O/c1-10-6-7-11(15(17)18)8-14(10)19-9-12-4-2-3-5-13(12)16/h2-8H,9H2,1H3,(H3,17,18). The Bertz CT molecular complexity index is 611. The molecule has 0 radical (unpaired) electrons. The Morgan fingerprint density at radius 1 is 1.26 bits per heavy atom. The molecular formula is C15H15FN2O. The van der Waals surface area contributed by atoms with Crippen LogP contribution in [0.4, 0.5) is 4.39 Å². The number of nitrogens with one attached hydrogen (secondary N) is 1. The maximum Gasteiger partial charge on any atom is 0.129 e. The molecule has 2 rings (SSSR count). The van der Waals surface area contributed by atoms with Crippen LogP contribution in [0.1, 0.15) is 16.7 Å². The molecular weight excluding hydrogens is 243 g/mol. The predicted molar refractivity (Wildman–Crippen MR) is 72.9 cm³/mol. The van der Waals surface area contributed by atoms with E-state index in [0.717, 1.165) is 5.56 Å². The van der Waals surface area contributed by atoms with Crippen molar-refractivity contribution in [3.8, 4) is 5.75 Å². The number of rotatable bonds is 4. The summed E-state index contributed by atoms with van der Waals surface area (Å²) in [5.41, 5.74) is 7.44. The Kier molecular flexibility index (Phi) is 3.80. The Morgan fingerprint density at radius 3 is 2.68 bits per heavy atom. The first-order chi connectivity index (χ1) is 9.08. The smallest absolute Gasteiger partial charge is 0.129 e. The lowest BCUT2D eigenvalue weighted by molar-refractivity contribution is 0.298. The molecule has 0 fully saturated rings. The largest absolute Gasteiger partial charge is 0.489 e. The molecule has 0 bridgehead atoms. The van der Waals surface area contributed by atoms with Gasteiger partial charge in [0.15, 0.2) is 0 Å². The van der Waals surface area contributed by atoms with Crippen LogP contribution in [0.3, 0.4) is 0 Å². The van der Waals surface area contributed by atoms with E-state index in [1.54, 1.807) is 30.3 Å². The topological polar surface area (TPSA) is 59.1 Å². The predicted octanol–water partition coefficient (Wildman–Crippen LogP) is 3.00. The molecule has 0 atom stereocenters. The lowest BCUT2D eigenvalue weighted by Crippen LogP contribution is -2.11. The molecule has 2 aromatic carbocycles. The first-order valence-electron chi connectivity index (χ1n) is 5.89. The van der Waals surface area contributed by atoms with E-state index in [0.29, 0.717) is 16.9 Å². The summed E-state index contributed by atoms with van der Waals surface area (Å²) < 4.78 is 19.1. The second-order valence-corrected chi connectivity index (χ2v) is 4.27. The summed E-state index contributed by atoms with van der Waals surface area (Å²) in [6.07, 6.45) is 0. The van der Waals surface area contributed by atoms with Crippen molar-refractivity contribution in [3.05, 3.63) is 65.0 Å².